The molecule has 0 unspecified atom stereocenters. The highest BCUT2D eigenvalue weighted by Crippen LogP contribution is 2.28. The Morgan fingerprint density at radius 3 is 2.07 bits per heavy atom. The molecule has 0 aliphatic carbocycles. The van der Waals surface area contributed by atoms with Crippen molar-refractivity contribution in [2.45, 2.75) is 40.0 Å². The van der Waals surface area contributed by atoms with Gasteiger partial charge < -0.3 is 9.84 Å². The van der Waals surface area contributed by atoms with E-state index in [0.29, 0.717) is 19.4 Å². The van der Waals surface area contributed by atoms with Crippen molar-refractivity contribution in [1.82, 2.24) is 0 Å². The monoisotopic (exact) mass is 216 g/mol. The fourth-order valence-corrected chi connectivity index (χ4v) is 1.51. The van der Waals surface area contributed by atoms with Gasteiger partial charge in [-0.05, 0) is 19.3 Å². The summed E-state index contributed by atoms with van der Waals surface area (Å²) in [5.41, 5.74) is -1.26. The van der Waals surface area contributed by atoms with E-state index in [1.165, 1.54) is 0 Å². The summed E-state index contributed by atoms with van der Waals surface area (Å²) in [7, 11) is 0. The number of hydrogen-bond acceptors (Lipinski definition) is 3. The van der Waals surface area contributed by atoms with Crippen molar-refractivity contribution in [3.05, 3.63) is 0 Å². The van der Waals surface area contributed by atoms with Crippen molar-refractivity contribution < 1.29 is 19.4 Å². The van der Waals surface area contributed by atoms with Gasteiger partial charge in [-0.3, -0.25) is 9.59 Å². The lowest BCUT2D eigenvalue weighted by Gasteiger charge is -2.24. The molecule has 15 heavy (non-hydrogen) atoms. The van der Waals surface area contributed by atoms with Crippen molar-refractivity contribution in [3.8, 4) is 0 Å². The minimum absolute atomic E-state index is 0.0954. The third kappa shape index (κ3) is 3.30. The fraction of sp³-hybridized carbons (Fsp3) is 0.818. The SMILES string of the molecule is CCCOCC(=O)C(CC)(CC)C(=O)O. The number of carboxylic acids is 1. The number of carboxylic acid groups (broad SMARTS) is 1. The molecule has 0 heterocycles. The van der Waals surface area contributed by atoms with Crippen molar-refractivity contribution in [1.29, 1.82) is 0 Å². The number of carbonyl (C=O) groups is 2. The van der Waals surface area contributed by atoms with Crippen LogP contribution in [0.3, 0.4) is 0 Å². The number of ketones is 1. The maximum absolute atomic E-state index is 11.7. The molecule has 0 saturated heterocycles. The van der Waals surface area contributed by atoms with Gasteiger partial charge in [0.25, 0.3) is 0 Å². The summed E-state index contributed by atoms with van der Waals surface area (Å²) in [5, 5.41) is 9.07. The first-order valence-electron chi connectivity index (χ1n) is 5.39. The molecule has 0 radical (unpaired) electrons. The van der Waals surface area contributed by atoms with E-state index in [9.17, 15) is 9.59 Å². The van der Waals surface area contributed by atoms with Gasteiger partial charge >= 0.3 is 5.97 Å². The Kier molecular flexibility index (Phi) is 6.17. The Labute approximate surface area is 90.6 Å². The molecule has 0 aromatic rings. The first-order chi connectivity index (χ1) is 7.05. The lowest BCUT2D eigenvalue weighted by molar-refractivity contribution is -0.157. The molecule has 0 aliphatic heterocycles. The molecule has 0 aromatic carbocycles. The summed E-state index contributed by atoms with van der Waals surface area (Å²) in [6, 6.07) is 0. The molecule has 4 nitrogen and oxygen atoms in total. The molecule has 0 fully saturated rings. The molecule has 0 aliphatic rings. The third-order valence-corrected chi connectivity index (χ3v) is 2.73. The Hall–Kier alpha value is -0.900. The van der Waals surface area contributed by atoms with Crippen LogP contribution in [-0.2, 0) is 14.3 Å². The quantitative estimate of drug-likeness (QED) is 0.497. The second-order valence-electron chi connectivity index (χ2n) is 3.57. The highest BCUT2D eigenvalue weighted by molar-refractivity contribution is 6.03. The molecular formula is C11H20O4. The number of rotatable bonds is 8. The van der Waals surface area contributed by atoms with Gasteiger partial charge in [0.05, 0.1) is 0 Å². The summed E-state index contributed by atoms with van der Waals surface area (Å²) < 4.78 is 5.09. The number of Topliss-reactive ketones (excluding diaryl/α,β-unsaturated/α-hetero) is 1. The van der Waals surface area contributed by atoms with Crippen LogP contribution < -0.4 is 0 Å². The topological polar surface area (TPSA) is 63.6 Å². The van der Waals surface area contributed by atoms with Crippen molar-refractivity contribution in [2.75, 3.05) is 13.2 Å². The van der Waals surface area contributed by atoms with Gasteiger partial charge in [-0.25, -0.2) is 0 Å². The number of hydrogen-bond donors (Lipinski definition) is 1. The average Bonchev–Trinajstić information content (AvgIpc) is 2.20. The molecule has 0 bridgehead atoms. The summed E-state index contributed by atoms with van der Waals surface area (Å²) in [5.74, 6) is -1.37. The molecular weight excluding hydrogens is 196 g/mol. The normalized spacial score (nSPS) is 11.4. The predicted octanol–water partition coefficient (Wildman–Crippen LogP) is 1.87. The van der Waals surface area contributed by atoms with Crippen LogP contribution in [0.2, 0.25) is 0 Å². The maximum Gasteiger partial charge on any atom is 0.317 e. The predicted molar refractivity (Wildman–Crippen MR) is 56.8 cm³/mol. The molecule has 0 atom stereocenters. The first-order valence-corrected chi connectivity index (χ1v) is 5.39. The summed E-state index contributed by atoms with van der Waals surface area (Å²) in [6.45, 7) is 5.77. The van der Waals surface area contributed by atoms with Crippen LogP contribution in [0.25, 0.3) is 0 Å². The second-order valence-corrected chi connectivity index (χ2v) is 3.57. The van der Waals surface area contributed by atoms with Gasteiger partial charge in [-0.15, -0.1) is 0 Å². The van der Waals surface area contributed by atoms with Crippen molar-refractivity contribution in [2.24, 2.45) is 5.41 Å². The van der Waals surface area contributed by atoms with Gasteiger partial charge in [0, 0.05) is 6.61 Å². The molecule has 0 rings (SSSR count). The lowest BCUT2D eigenvalue weighted by atomic mass is 9.78. The van der Waals surface area contributed by atoms with Crippen LogP contribution in [0.5, 0.6) is 0 Å². The van der Waals surface area contributed by atoms with Gasteiger partial charge in [0.1, 0.15) is 12.0 Å². The highest BCUT2D eigenvalue weighted by atomic mass is 16.5. The van der Waals surface area contributed by atoms with E-state index in [1.807, 2.05) is 6.92 Å². The average molecular weight is 216 g/mol. The van der Waals surface area contributed by atoms with Crippen LogP contribution in [0, 0.1) is 5.41 Å². The minimum atomic E-state index is -1.26. The van der Waals surface area contributed by atoms with Crippen molar-refractivity contribution in [3.63, 3.8) is 0 Å². The molecule has 0 aromatic heterocycles. The van der Waals surface area contributed by atoms with E-state index in [2.05, 4.69) is 0 Å². The standard InChI is InChI=1S/C11H20O4/c1-4-7-15-8-9(12)11(5-2,6-3)10(13)14/h4-8H2,1-3H3,(H,13,14). The number of aliphatic carboxylic acids is 1. The molecule has 0 amide bonds. The Morgan fingerprint density at radius 1 is 1.20 bits per heavy atom. The Bertz CT molecular complexity index is 219. The smallest absolute Gasteiger partial charge is 0.317 e. The van der Waals surface area contributed by atoms with Gasteiger partial charge in [0.2, 0.25) is 0 Å². The maximum atomic E-state index is 11.7. The van der Waals surface area contributed by atoms with Crippen molar-refractivity contribution >= 4 is 11.8 Å². The molecule has 4 heteroatoms. The number of ether oxygens (including phenoxy) is 1. The molecule has 0 saturated carbocycles. The van der Waals surface area contributed by atoms with Gasteiger partial charge in [-0.2, -0.15) is 0 Å². The van der Waals surface area contributed by atoms with E-state index in [-0.39, 0.29) is 12.4 Å². The Morgan fingerprint density at radius 2 is 1.73 bits per heavy atom. The number of carbonyl (C=O) groups excluding carboxylic acids is 1. The zero-order chi connectivity index (χ0) is 11.9. The zero-order valence-electron chi connectivity index (χ0n) is 9.71. The second kappa shape index (κ2) is 6.56. The minimum Gasteiger partial charge on any atom is -0.480 e. The largest absolute Gasteiger partial charge is 0.480 e. The lowest BCUT2D eigenvalue weighted by Crippen LogP contribution is -2.40. The van der Waals surface area contributed by atoms with Crippen LogP contribution in [0.15, 0.2) is 0 Å². The van der Waals surface area contributed by atoms with Crippen LogP contribution in [-0.4, -0.2) is 30.1 Å². The van der Waals surface area contributed by atoms with Crippen LogP contribution >= 0.6 is 0 Å². The third-order valence-electron chi connectivity index (χ3n) is 2.73. The van der Waals surface area contributed by atoms with E-state index in [4.69, 9.17) is 9.84 Å². The summed E-state index contributed by atoms with van der Waals surface area (Å²) >= 11 is 0. The summed E-state index contributed by atoms with van der Waals surface area (Å²) in [4.78, 5) is 22.8. The van der Waals surface area contributed by atoms with E-state index < -0.39 is 11.4 Å². The molecule has 88 valence electrons. The van der Waals surface area contributed by atoms with Gasteiger partial charge in [0.15, 0.2) is 5.78 Å². The van der Waals surface area contributed by atoms with Crippen LogP contribution in [0.4, 0.5) is 0 Å². The highest BCUT2D eigenvalue weighted by Gasteiger charge is 2.42. The van der Waals surface area contributed by atoms with E-state index >= 15 is 0 Å². The Balaban J connectivity index is 4.49. The van der Waals surface area contributed by atoms with Gasteiger partial charge in [-0.1, -0.05) is 20.8 Å². The first kappa shape index (κ1) is 14.1. The fourth-order valence-electron chi connectivity index (χ4n) is 1.51. The molecule has 0 spiro atoms. The zero-order valence-corrected chi connectivity index (χ0v) is 9.71. The molecule has 1 N–H and O–H groups in total. The summed E-state index contributed by atoms with van der Waals surface area (Å²) in [6.07, 6.45) is 1.45. The van der Waals surface area contributed by atoms with E-state index in [0.717, 1.165) is 6.42 Å². The van der Waals surface area contributed by atoms with Crippen LogP contribution in [0.1, 0.15) is 40.0 Å². The van der Waals surface area contributed by atoms with E-state index in [1.54, 1.807) is 13.8 Å².